The first kappa shape index (κ1) is 22.8. The molecule has 0 saturated carbocycles. The van der Waals surface area contributed by atoms with E-state index in [1.807, 2.05) is 37.4 Å². The highest BCUT2D eigenvalue weighted by Crippen LogP contribution is 2.43. The maximum atomic E-state index is 13.2. The Labute approximate surface area is 183 Å². The summed E-state index contributed by atoms with van der Waals surface area (Å²) < 4.78 is 32.7. The van der Waals surface area contributed by atoms with Gasteiger partial charge in [0.2, 0.25) is 0 Å². The molecule has 1 unspecified atom stereocenters. The van der Waals surface area contributed by atoms with Gasteiger partial charge >= 0.3 is 5.97 Å². The lowest BCUT2D eigenvalue weighted by Gasteiger charge is -2.19. The summed E-state index contributed by atoms with van der Waals surface area (Å²) in [5.41, 5.74) is 2.59. The summed E-state index contributed by atoms with van der Waals surface area (Å²) >= 11 is 1.58. The Morgan fingerprint density at radius 2 is 1.97 bits per heavy atom. The summed E-state index contributed by atoms with van der Waals surface area (Å²) in [5, 5.41) is 5.54. The molecule has 0 bridgehead atoms. The van der Waals surface area contributed by atoms with Crippen LogP contribution in [0.2, 0.25) is 0 Å². The van der Waals surface area contributed by atoms with Crippen LogP contribution in [0.25, 0.3) is 0 Å². The Morgan fingerprint density at radius 3 is 2.73 bits per heavy atom. The normalized spacial score (nSPS) is 17.2. The Hall–Kier alpha value is -1.90. The van der Waals surface area contributed by atoms with E-state index in [4.69, 9.17) is 4.74 Å². The van der Waals surface area contributed by atoms with Gasteiger partial charge in [-0.25, -0.2) is 8.42 Å². The highest BCUT2D eigenvalue weighted by Gasteiger charge is 2.35. The molecule has 0 spiro atoms. The van der Waals surface area contributed by atoms with Gasteiger partial charge in [0.05, 0.1) is 28.1 Å². The van der Waals surface area contributed by atoms with E-state index in [0.29, 0.717) is 17.9 Å². The van der Waals surface area contributed by atoms with Crippen LogP contribution in [0.15, 0.2) is 34.5 Å². The van der Waals surface area contributed by atoms with Gasteiger partial charge in [0, 0.05) is 13.5 Å². The van der Waals surface area contributed by atoms with Crippen molar-refractivity contribution in [2.75, 3.05) is 24.5 Å². The lowest BCUT2D eigenvalue weighted by Crippen LogP contribution is -2.26. The molecule has 0 radical (unpaired) electrons. The van der Waals surface area contributed by atoms with Gasteiger partial charge < -0.3 is 10.1 Å². The lowest BCUT2D eigenvalue weighted by molar-refractivity contribution is -0.143. The van der Waals surface area contributed by atoms with Crippen LogP contribution in [0.3, 0.4) is 0 Å². The van der Waals surface area contributed by atoms with E-state index < -0.39 is 10.0 Å². The molecule has 0 fully saturated rings. The van der Waals surface area contributed by atoms with Gasteiger partial charge in [-0.15, -0.1) is 11.3 Å². The maximum Gasteiger partial charge on any atom is 0.305 e. The van der Waals surface area contributed by atoms with Gasteiger partial charge in [0.15, 0.2) is 0 Å². The van der Waals surface area contributed by atoms with Gasteiger partial charge in [0.1, 0.15) is 0 Å². The van der Waals surface area contributed by atoms with Gasteiger partial charge in [0.25, 0.3) is 10.0 Å². The van der Waals surface area contributed by atoms with Crippen molar-refractivity contribution < 1.29 is 17.9 Å². The van der Waals surface area contributed by atoms with Crippen molar-refractivity contribution in [1.82, 2.24) is 5.32 Å². The molecule has 1 N–H and O–H groups in total. The molecule has 6 nitrogen and oxygen atoms in total. The van der Waals surface area contributed by atoms with Crippen molar-refractivity contribution >= 4 is 33.0 Å². The number of carbonyl (C=O) groups is 1. The second kappa shape index (κ2) is 9.94. The van der Waals surface area contributed by atoms with Crippen LogP contribution in [0.4, 0.5) is 5.69 Å². The highest BCUT2D eigenvalue weighted by molar-refractivity contribution is 7.92. The number of nitrogens with one attached hydrogen (secondary N) is 1. The first-order valence-electron chi connectivity index (χ1n) is 10.4. The molecule has 1 aliphatic heterocycles. The van der Waals surface area contributed by atoms with Crippen molar-refractivity contribution in [3.63, 3.8) is 0 Å². The number of sulfonamides is 1. The number of ether oxygens (including phenoxy) is 1. The predicted molar refractivity (Wildman–Crippen MR) is 121 cm³/mol. The van der Waals surface area contributed by atoms with Gasteiger partial charge in [-0.05, 0) is 56.3 Å². The SMILES string of the molecule is CCOC(=O)CCCCCCNC1c2cc(C)ccc2S(=O)(=O)N(C)c2ccsc21. The van der Waals surface area contributed by atoms with Crippen LogP contribution in [0.5, 0.6) is 0 Å². The lowest BCUT2D eigenvalue weighted by atomic mass is 10.0. The van der Waals surface area contributed by atoms with Crippen molar-refractivity contribution in [3.8, 4) is 0 Å². The maximum absolute atomic E-state index is 13.2. The second-order valence-electron chi connectivity index (χ2n) is 7.54. The quantitative estimate of drug-likeness (QED) is 0.453. The van der Waals surface area contributed by atoms with Crippen molar-refractivity contribution in [3.05, 3.63) is 45.6 Å². The standard InChI is InChI=1S/C22H30N2O4S2/c1-4-28-20(25)9-7-5-6-8-13-23-21-17-15-16(2)10-11-19(17)30(26,27)24(3)18-12-14-29-22(18)21/h10-12,14-15,21,23H,4-9,13H2,1-3H3. The number of rotatable bonds is 9. The van der Waals surface area contributed by atoms with E-state index in [0.717, 1.165) is 53.9 Å². The van der Waals surface area contributed by atoms with E-state index >= 15 is 0 Å². The number of carbonyl (C=O) groups excluding carboxylic acids is 1. The number of esters is 1. The van der Waals surface area contributed by atoms with Crippen molar-refractivity contribution in [1.29, 1.82) is 0 Å². The fourth-order valence-corrected chi connectivity index (χ4v) is 6.27. The molecule has 3 rings (SSSR count). The van der Waals surface area contributed by atoms with E-state index in [9.17, 15) is 13.2 Å². The minimum atomic E-state index is -3.59. The van der Waals surface area contributed by atoms with Crippen LogP contribution in [0.1, 0.15) is 61.1 Å². The summed E-state index contributed by atoms with van der Waals surface area (Å²) in [6, 6.07) is 7.27. The molecule has 30 heavy (non-hydrogen) atoms. The van der Waals surface area contributed by atoms with Crippen LogP contribution in [0, 0.1) is 6.92 Å². The zero-order valence-corrected chi connectivity index (χ0v) is 19.4. The average molecular weight is 451 g/mol. The number of nitrogens with zero attached hydrogens (tertiary/aromatic N) is 1. The topological polar surface area (TPSA) is 75.7 Å². The average Bonchev–Trinajstić information content (AvgIpc) is 3.16. The summed E-state index contributed by atoms with van der Waals surface area (Å²) in [6.07, 6.45) is 4.25. The smallest absolute Gasteiger partial charge is 0.305 e. The monoisotopic (exact) mass is 450 g/mol. The molecule has 8 heteroatoms. The zero-order valence-electron chi connectivity index (χ0n) is 17.8. The van der Waals surface area contributed by atoms with E-state index in [1.165, 1.54) is 4.31 Å². The summed E-state index contributed by atoms with van der Waals surface area (Å²) in [5.74, 6) is -0.128. The first-order chi connectivity index (χ1) is 14.4. The molecule has 2 aromatic rings. The highest BCUT2D eigenvalue weighted by atomic mass is 32.2. The zero-order chi connectivity index (χ0) is 21.7. The molecule has 0 aliphatic carbocycles. The van der Waals surface area contributed by atoms with Gasteiger partial charge in [-0.3, -0.25) is 9.10 Å². The molecule has 0 saturated heterocycles. The number of benzene rings is 1. The number of aryl methyl sites for hydroxylation is 1. The summed E-state index contributed by atoms with van der Waals surface area (Å²) in [6.45, 7) is 5.01. The van der Waals surface area contributed by atoms with Crippen molar-refractivity contribution in [2.45, 2.75) is 56.9 Å². The third-order valence-electron chi connectivity index (χ3n) is 5.35. The van der Waals surface area contributed by atoms with E-state index in [2.05, 4.69) is 5.32 Å². The molecule has 1 aliphatic rings. The first-order valence-corrected chi connectivity index (χ1v) is 12.7. The minimum absolute atomic E-state index is 0.128. The van der Waals surface area contributed by atoms with Gasteiger partial charge in [-0.1, -0.05) is 30.5 Å². The number of thiophene rings is 1. The molecule has 1 atom stereocenters. The Balaban J connectivity index is 1.69. The molecular weight excluding hydrogens is 420 g/mol. The van der Waals surface area contributed by atoms with Crippen LogP contribution in [-0.4, -0.2) is 34.6 Å². The van der Waals surface area contributed by atoms with E-state index in [-0.39, 0.29) is 12.0 Å². The molecule has 1 aromatic heterocycles. The molecule has 2 heterocycles. The summed E-state index contributed by atoms with van der Waals surface area (Å²) in [7, 11) is -1.97. The fraction of sp³-hybridized carbons (Fsp3) is 0.500. The van der Waals surface area contributed by atoms with Gasteiger partial charge in [-0.2, -0.15) is 0 Å². The van der Waals surface area contributed by atoms with Crippen LogP contribution in [-0.2, 0) is 19.6 Å². The Morgan fingerprint density at radius 1 is 1.20 bits per heavy atom. The fourth-order valence-electron chi connectivity index (χ4n) is 3.77. The number of fused-ring (bicyclic) bond motifs is 2. The number of hydrogen-bond acceptors (Lipinski definition) is 6. The summed E-state index contributed by atoms with van der Waals surface area (Å²) in [4.78, 5) is 12.8. The molecule has 1 aromatic carbocycles. The Kier molecular flexibility index (Phi) is 7.55. The third kappa shape index (κ3) is 4.87. The minimum Gasteiger partial charge on any atom is -0.466 e. The third-order valence-corrected chi connectivity index (χ3v) is 8.17. The largest absolute Gasteiger partial charge is 0.466 e. The van der Waals surface area contributed by atoms with Crippen LogP contribution >= 0.6 is 11.3 Å². The number of unbranched alkanes of at least 4 members (excludes halogenated alkanes) is 3. The second-order valence-corrected chi connectivity index (χ2v) is 10.4. The molecule has 164 valence electrons. The Bertz CT molecular complexity index is 985. The molecule has 0 amide bonds. The van der Waals surface area contributed by atoms with Crippen molar-refractivity contribution in [2.24, 2.45) is 0 Å². The van der Waals surface area contributed by atoms with Crippen LogP contribution < -0.4 is 9.62 Å². The predicted octanol–water partition coefficient (Wildman–Crippen LogP) is 4.39. The van der Waals surface area contributed by atoms with E-state index in [1.54, 1.807) is 24.5 Å². The number of anilines is 1. The molecular formula is C22H30N2O4S2. The number of hydrogen-bond donors (Lipinski definition) is 1.